The molecule has 0 fully saturated rings. The van der Waals surface area contributed by atoms with Crippen LogP contribution in [0.15, 0.2) is 60.7 Å². The Morgan fingerprint density at radius 3 is 2.23 bits per heavy atom. The van der Waals surface area contributed by atoms with Crippen LogP contribution in [-0.2, 0) is 16.1 Å². The van der Waals surface area contributed by atoms with Crippen LogP contribution >= 0.6 is 0 Å². The van der Waals surface area contributed by atoms with Gasteiger partial charge in [0.2, 0.25) is 0 Å². The summed E-state index contributed by atoms with van der Waals surface area (Å²) in [5, 5.41) is 2.72. The largest absolute Gasteiger partial charge is 0.445 e. The van der Waals surface area contributed by atoms with Crippen molar-refractivity contribution < 1.29 is 14.3 Å². The van der Waals surface area contributed by atoms with E-state index in [1.54, 1.807) is 7.11 Å². The number of nitrogens with one attached hydrogen (secondary N) is 1. The van der Waals surface area contributed by atoms with Gasteiger partial charge in [-0.15, -0.1) is 0 Å². The lowest BCUT2D eigenvalue weighted by Gasteiger charge is -2.16. The van der Waals surface area contributed by atoms with Crippen LogP contribution < -0.4 is 5.32 Å². The highest BCUT2D eigenvalue weighted by atomic mass is 16.5. The zero-order valence-corrected chi connectivity index (χ0v) is 12.0. The van der Waals surface area contributed by atoms with Crippen molar-refractivity contribution in [1.82, 2.24) is 5.32 Å². The van der Waals surface area contributed by atoms with Crippen LogP contribution in [0.5, 0.6) is 0 Å². The molecule has 1 N–H and O–H groups in total. The summed E-state index contributed by atoms with van der Waals surface area (Å²) in [5.41, 5.74) is 1.97. The summed E-state index contributed by atoms with van der Waals surface area (Å²) in [6, 6.07) is 19.3. The molecule has 0 radical (unpaired) electrons. The highest BCUT2D eigenvalue weighted by Gasteiger charge is 2.12. The smallest absolute Gasteiger partial charge is 0.407 e. The van der Waals surface area contributed by atoms with Gasteiger partial charge in [0.1, 0.15) is 6.61 Å². The molecule has 2 aromatic carbocycles. The molecule has 0 aliphatic carbocycles. The number of rotatable bonds is 6. The van der Waals surface area contributed by atoms with Gasteiger partial charge in [-0.25, -0.2) is 4.79 Å². The molecule has 0 unspecified atom stereocenters. The maximum absolute atomic E-state index is 11.7. The van der Waals surface area contributed by atoms with Gasteiger partial charge in [-0.05, 0) is 11.1 Å². The maximum atomic E-state index is 11.7. The molecule has 1 amide bonds. The summed E-state index contributed by atoms with van der Waals surface area (Å²) in [5.74, 6) is 0. The first-order chi connectivity index (χ1) is 10.3. The molecule has 0 saturated carbocycles. The highest BCUT2D eigenvalue weighted by Crippen LogP contribution is 2.14. The Balaban J connectivity index is 0.00000242. The number of ether oxygens (including phenoxy) is 2. The van der Waals surface area contributed by atoms with Gasteiger partial charge in [0.15, 0.2) is 0 Å². The van der Waals surface area contributed by atoms with Gasteiger partial charge in [0.25, 0.3) is 0 Å². The minimum absolute atomic E-state index is 0. The third-order valence-electron chi connectivity index (χ3n) is 3.10. The Labute approximate surface area is 132 Å². The van der Waals surface area contributed by atoms with Crippen LogP contribution in [0.1, 0.15) is 24.7 Å². The molecule has 2 aromatic rings. The topological polar surface area (TPSA) is 47.6 Å². The van der Waals surface area contributed by atoms with Gasteiger partial charge in [0, 0.05) is 7.11 Å². The second-order valence-corrected chi connectivity index (χ2v) is 4.58. The predicted molar refractivity (Wildman–Crippen MR) is 87.6 cm³/mol. The van der Waals surface area contributed by atoms with E-state index in [1.165, 1.54) is 0 Å². The van der Waals surface area contributed by atoms with Crippen LogP contribution in [0, 0.1) is 0 Å². The number of alkyl carbamates (subject to hydrolysis) is 1. The first kappa shape index (κ1) is 17.7. The molecule has 2 rings (SSSR count). The molecule has 4 nitrogen and oxygen atoms in total. The maximum Gasteiger partial charge on any atom is 0.407 e. The Bertz CT molecular complexity index is 543. The number of carbonyl (C=O) groups excluding carboxylic acids is 1. The fourth-order valence-corrected chi connectivity index (χ4v) is 1.96. The molecular formula is C18H23NO3. The summed E-state index contributed by atoms with van der Waals surface area (Å²) < 4.78 is 10.5. The van der Waals surface area contributed by atoms with Crippen molar-refractivity contribution >= 4 is 6.09 Å². The van der Waals surface area contributed by atoms with E-state index in [1.807, 2.05) is 60.7 Å². The standard InChI is InChI=1S/C17H19NO3.CH4/c1-20-16(15-10-6-3-7-11-15)12-18-17(19)21-13-14-8-4-2-5-9-14;/h2-11,16H,12-13H2,1H3,(H,18,19);1H4/t16-;/m1./s1. The number of amides is 1. The quantitative estimate of drug-likeness (QED) is 0.879. The van der Waals surface area contributed by atoms with Gasteiger partial charge in [-0.1, -0.05) is 68.1 Å². The van der Waals surface area contributed by atoms with Gasteiger partial charge in [0.05, 0.1) is 12.6 Å². The Morgan fingerprint density at radius 1 is 1.05 bits per heavy atom. The molecule has 0 aliphatic heterocycles. The van der Waals surface area contributed by atoms with E-state index >= 15 is 0 Å². The zero-order chi connectivity index (χ0) is 14.9. The predicted octanol–water partition coefficient (Wildman–Crippen LogP) is 3.94. The van der Waals surface area contributed by atoms with E-state index in [9.17, 15) is 4.79 Å². The van der Waals surface area contributed by atoms with E-state index < -0.39 is 6.09 Å². The molecule has 0 saturated heterocycles. The lowest BCUT2D eigenvalue weighted by Crippen LogP contribution is -2.29. The van der Waals surface area contributed by atoms with E-state index in [4.69, 9.17) is 9.47 Å². The molecule has 22 heavy (non-hydrogen) atoms. The van der Waals surface area contributed by atoms with Crippen molar-refractivity contribution in [2.24, 2.45) is 0 Å². The fraction of sp³-hybridized carbons (Fsp3) is 0.278. The second-order valence-electron chi connectivity index (χ2n) is 4.58. The normalized spacial score (nSPS) is 11.1. The van der Waals surface area contributed by atoms with Crippen molar-refractivity contribution in [2.75, 3.05) is 13.7 Å². The third kappa shape index (κ3) is 5.58. The van der Waals surface area contributed by atoms with Gasteiger partial charge in [-0.2, -0.15) is 0 Å². The molecule has 0 spiro atoms. The first-order valence-electron chi connectivity index (χ1n) is 6.82. The summed E-state index contributed by atoms with van der Waals surface area (Å²) >= 11 is 0. The van der Waals surface area contributed by atoms with Crippen molar-refractivity contribution in [1.29, 1.82) is 0 Å². The molecule has 0 aliphatic rings. The van der Waals surface area contributed by atoms with Crippen LogP contribution in [0.25, 0.3) is 0 Å². The second kappa shape index (κ2) is 9.58. The molecule has 118 valence electrons. The molecule has 0 bridgehead atoms. The van der Waals surface area contributed by atoms with Gasteiger partial charge < -0.3 is 14.8 Å². The average Bonchev–Trinajstić information content (AvgIpc) is 2.55. The number of benzene rings is 2. The molecule has 4 heteroatoms. The van der Waals surface area contributed by atoms with E-state index in [-0.39, 0.29) is 20.1 Å². The molecule has 0 heterocycles. The van der Waals surface area contributed by atoms with E-state index in [2.05, 4.69) is 5.32 Å². The lowest BCUT2D eigenvalue weighted by atomic mass is 10.1. The molecule has 1 atom stereocenters. The summed E-state index contributed by atoms with van der Waals surface area (Å²) in [4.78, 5) is 11.7. The Hall–Kier alpha value is -2.33. The zero-order valence-electron chi connectivity index (χ0n) is 12.0. The minimum atomic E-state index is -0.447. The molecular weight excluding hydrogens is 278 g/mol. The third-order valence-corrected chi connectivity index (χ3v) is 3.10. The number of hydrogen-bond acceptors (Lipinski definition) is 3. The number of carbonyl (C=O) groups is 1. The van der Waals surface area contributed by atoms with E-state index in [0.717, 1.165) is 11.1 Å². The van der Waals surface area contributed by atoms with Crippen molar-refractivity contribution in [3.05, 3.63) is 71.8 Å². The minimum Gasteiger partial charge on any atom is -0.445 e. The SMILES string of the molecule is C.CO[C@H](CNC(=O)OCc1ccccc1)c1ccccc1. The first-order valence-corrected chi connectivity index (χ1v) is 6.82. The van der Waals surface area contributed by atoms with Crippen LogP contribution in [0.3, 0.4) is 0 Å². The average molecular weight is 301 g/mol. The summed E-state index contributed by atoms with van der Waals surface area (Å²) in [6.45, 7) is 0.629. The van der Waals surface area contributed by atoms with Crippen LogP contribution in [-0.4, -0.2) is 19.7 Å². The lowest BCUT2D eigenvalue weighted by molar-refractivity contribution is 0.0932. The van der Waals surface area contributed by atoms with Crippen molar-refractivity contribution in [3.8, 4) is 0 Å². The summed E-state index contributed by atoms with van der Waals surface area (Å²) in [6.07, 6.45) is -0.632. The van der Waals surface area contributed by atoms with Crippen molar-refractivity contribution in [3.63, 3.8) is 0 Å². The monoisotopic (exact) mass is 301 g/mol. The molecule has 0 aromatic heterocycles. The fourth-order valence-electron chi connectivity index (χ4n) is 1.96. The Kier molecular flexibility index (Phi) is 7.72. The highest BCUT2D eigenvalue weighted by molar-refractivity contribution is 5.67. The number of hydrogen-bond donors (Lipinski definition) is 1. The van der Waals surface area contributed by atoms with Crippen molar-refractivity contribution in [2.45, 2.75) is 20.1 Å². The van der Waals surface area contributed by atoms with Gasteiger partial charge >= 0.3 is 6.09 Å². The van der Waals surface area contributed by atoms with Crippen LogP contribution in [0.2, 0.25) is 0 Å². The Morgan fingerprint density at radius 2 is 1.64 bits per heavy atom. The van der Waals surface area contributed by atoms with Gasteiger partial charge in [-0.3, -0.25) is 0 Å². The summed E-state index contributed by atoms with van der Waals surface area (Å²) in [7, 11) is 1.62. The van der Waals surface area contributed by atoms with Crippen LogP contribution in [0.4, 0.5) is 4.79 Å². The van der Waals surface area contributed by atoms with E-state index in [0.29, 0.717) is 6.54 Å². The number of methoxy groups -OCH3 is 1.